The van der Waals surface area contributed by atoms with Crippen LogP contribution in [0.4, 0.5) is 5.69 Å². The third-order valence-electron chi connectivity index (χ3n) is 3.71. The molecule has 0 spiro atoms. The highest BCUT2D eigenvalue weighted by atomic mass is 35.5. The first kappa shape index (κ1) is 19.3. The zero-order valence-corrected chi connectivity index (χ0v) is 15.5. The molecule has 3 aromatic carbocycles. The number of carbonyl (C=O) groups excluding carboxylic acids is 2. The molecule has 142 valence electrons. The predicted molar refractivity (Wildman–Crippen MR) is 107 cm³/mol. The summed E-state index contributed by atoms with van der Waals surface area (Å²) < 4.78 is 11.1. The smallest absolute Gasteiger partial charge is 0.262 e. The van der Waals surface area contributed by atoms with Crippen molar-refractivity contribution in [1.82, 2.24) is 0 Å². The van der Waals surface area contributed by atoms with Gasteiger partial charge in [0.05, 0.1) is 10.6 Å². The summed E-state index contributed by atoms with van der Waals surface area (Å²) in [4.78, 5) is 23.4. The number of nitrogens with two attached hydrogens (primary N) is 1. The average molecular weight is 397 g/mol. The Labute approximate surface area is 166 Å². The van der Waals surface area contributed by atoms with Crippen LogP contribution in [0.5, 0.6) is 17.2 Å². The van der Waals surface area contributed by atoms with E-state index in [1.165, 1.54) is 6.07 Å². The Morgan fingerprint density at radius 2 is 1.54 bits per heavy atom. The van der Waals surface area contributed by atoms with Gasteiger partial charge in [0.2, 0.25) is 0 Å². The Bertz CT molecular complexity index is 990. The quantitative estimate of drug-likeness (QED) is 0.624. The Morgan fingerprint density at radius 1 is 0.893 bits per heavy atom. The molecule has 0 saturated carbocycles. The normalized spacial score (nSPS) is 10.2. The van der Waals surface area contributed by atoms with Crippen LogP contribution in [0.2, 0.25) is 5.02 Å². The second-order valence-electron chi connectivity index (χ2n) is 5.75. The molecule has 0 radical (unpaired) electrons. The summed E-state index contributed by atoms with van der Waals surface area (Å²) in [5.74, 6) is 0.387. The molecular weight excluding hydrogens is 380 g/mol. The fourth-order valence-corrected chi connectivity index (χ4v) is 2.57. The summed E-state index contributed by atoms with van der Waals surface area (Å²) in [5.41, 5.74) is 6.07. The van der Waals surface area contributed by atoms with Crippen LogP contribution in [0.25, 0.3) is 0 Å². The lowest BCUT2D eigenvalue weighted by Crippen LogP contribution is -2.21. The van der Waals surface area contributed by atoms with Gasteiger partial charge in [0.25, 0.3) is 11.8 Å². The molecule has 0 unspecified atom stereocenters. The summed E-state index contributed by atoms with van der Waals surface area (Å²) in [5, 5.41) is 3.21. The minimum Gasteiger partial charge on any atom is -0.483 e. The third-order valence-corrected chi connectivity index (χ3v) is 4.03. The van der Waals surface area contributed by atoms with Gasteiger partial charge >= 0.3 is 0 Å². The minimum atomic E-state index is -0.620. The lowest BCUT2D eigenvalue weighted by Gasteiger charge is -2.11. The van der Waals surface area contributed by atoms with Crippen molar-refractivity contribution in [2.45, 2.75) is 0 Å². The zero-order chi connectivity index (χ0) is 19.9. The van der Waals surface area contributed by atoms with E-state index in [0.717, 1.165) is 0 Å². The molecule has 0 aliphatic heterocycles. The Balaban J connectivity index is 1.56. The third kappa shape index (κ3) is 5.02. The van der Waals surface area contributed by atoms with E-state index in [2.05, 4.69) is 5.32 Å². The zero-order valence-electron chi connectivity index (χ0n) is 14.7. The lowest BCUT2D eigenvalue weighted by molar-refractivity contribution is -0.118. The van der Waals surface area contributed by atoms with Gasteiger partial charge in [-0.3, -0.25) is 9.59 Å². The lowest BCUT2D eigenvalue weighted by atomic mass is 10.2. The van der Waals surface area contributed by atoms with Gasteiger partial charge in [-0.25, -0.2) is 0 Å². The number of rotatable bonds is 7. The summed E-state index contributed by atoms with van der Waals surface area (Å²) in [7, 11) is 0. The van der Waals surface area contributed by atoms with E-state index in [1.807, 2.05) is 12.1 Å². The number of halogens is 1. The number of carbonyl (C=O) groups is 2. The molecule has 0 aromatic heterocycles. The van der Waals surface area contributed by atoms with E-state index in [0.29, 0.717) is 22.2 Å². The molecule has 7 heteroatoms. The predicted octanol–water partition coefficient (Wildman–Crippen LogP) is 4.25. The van der Waals surface area contributed by atoms with E-state index >= 15 is 0 Å². The van der Waals surface area contributed by atoms with E-state index in [-0.39, 0.29) is 23.8 Å². The van der Waals surface area contributed by atoms with Crippen molar-refractivity contribution in [1.29, 1.82) is 0 Å². The maximum atomic E-state index is 12.1. The second kappa shape index (κ2) is 8.92. The van der Waals surface area contributed by atoms with Crippen LogP contribution in [0.1, 0.15) is 10.4 Å². The van der Waals surface area contributed by atoms with Crippen LogP contribution in [-0.4, -0.2) is 18.4 Å². The number of anilines is 1. The molecule has 0 saturated heterocycles. The molecule has 0 aliphatic rings. The van der Waals surface area contributed by atoms with Crippen molar-refractivity contribution in [2.24, 2.45) is 5.73 Å². The SMILES string of the molecule is NC(=O)c1ccccc1OCC(=O)Nc1ccc(Oc2ccccc2Cl)cc1. The number of amides is 2. The van der Waals surface area contributed by atoms with Gasteiger partial charge in [-0.15, -0.1) is 0 Å². The minimum absolute atomic E-state index is 0.219. The topological polar surface area (TPSA) is 90.7 Å². The monoisotopic (exact) mass is 396 g/mol. The van der Waals surface area contributed by atoms with Crippen molar-refractivity contribution in [3.8, 4) is 17.2 Å². The first-order chi connectivity index (χ1) is 13.5. The van der Waals surface area contributed by atoms with Crippen LogP contribution >= 0.6 is 11.6 Å². The number of hydrogen-bond donors (Lipinski definition) is 2. The molecule has 3 N–H and O–H groups in total. The average Bonchev–Trinajstić information content (AvgIpc) is 2.70. The molecule has 6 nitrogen and oxygen atoms in total. The van der Waals surface area contributed by atoms with E-state index < -0.39 is 5.91 Å². The van der Waals surface area contributed by atoms with Crippen LogP contribution in [0, 0.1) is 0 Å². The number of primary amides is 1. The molecular formula is C21H17ClN2O4. The molecule has 3 rings (SSSR count). The number of nitrogens with one attached hydrogen (secondary N) is 1. The highest BCUT2D eigenvalue weighted by molar-refractivity contribution is 6.32. The maximum Gasteiger partial charge on any atom is 0.262 e. The van der Waals surface area contributed by atoms with Crippen molar-refractivity contribution in [2.75, 3.05) is 11.9 Å². The first-order valence-electron chi connectivity index (χ1n) is 8.37. The summed E-state index contributed by atoms with van der Waals surface area (Å²) in [6.07, 6.45) is 0. The fourth-order valence-electron chi connectivity index (χ4n) is 2.40. The van der Waals surface area contributed by atoms with Crippen molar-refractivity contribution < 1.29 is 19.1 Å². The van der Waals surface area contributed by atoms with Crippen LogP contribution in [0.3, 0.4) is 0 Å². The van der Waals surface area contributed by atoms with Gasteiger partial charge in [-0.1, -0.05) is 35.9 Å². The van der Waals surface area contributed by atoms with Crippen LogP contribution in [0.15, 0.2) is 72.8 Å². The largest absolute Gasteiger partial charge is 0.483 e. The Hall–Kier alpha value is -3.51. The summed E-state index contributed by atoms with van der Waals surface area (Å²) >= 11 is 6.07. The van der Waals surface area contributed by atoms with Crippen molar-refractivity contribution in [3.05, 3.63) is 83.4 Å². The summed E-state index contributed by atoms with van der Waals surface area (Å²) in [6, 6.07) is 20.4. The molecule has 0 aliphatic carbocycles. The van der Waals surface area contributed by atoms with E-state index in [4.69, 9.17) is 26.8 Å². The highest BCUT2D eigenvalue weighted by Gasteiger charge is 2.10. The maximum absolute atomic E-state index is 12.1. The number of ether oxygens (including phenoxy) is 2. The van der Waals surface area contributed by atoms with Crippen LogP contribution < -0.4 is 20.5 Å². The molecule has 0 fully saturated rings. The van der Waals surface area contributed by atoms with E-state index in [1.54, 1.807) is 54.6 Å². The van der Waals surface area contributed by atoms with Gasteiger partial charge in [0.15, 0.2) is 6.61 Å². The molecule has 3 aromatic rings. The highest BCUT2D eigenvalue weighted by Crippen LogP contribution is 2.29. The molecule has 0 heterocycles. The fraction of sp³-hybridized carbons (Fsp3) is 0.0476. The standard InChI is InChI=1S/C21H17ClN2O4/c22-17-6-2-4-8-19(17)28-15-11-9-14(10-12-15)24-20(25)13-27-18-7-3-1-5-16(18)21(23)26/h1-12H,13H2,(H2,23,26)(H,24,25). The Kier molecular flexibility index (Phi) is 6.14. The van der Waals surface area contributed by atoms with Crippen molar-refractivity contribution >= 4 is 29.1 Å². The van der Waals surface area contributed by atoms with Gasteiger partial charge in [0.1, 0.15) is 17.2 Å². The first-order valence-corrected chi connectivity index (χ1v) is 8.74. The van der Waals surface area contributed by atoms with Gasteiger partial charge in [-0.2, -0.15) is 0 Å². The molecule has 0 atom stereocenters. The Morgan fingerprint density at radius 3 is 2.21 bits per heavy atom. The molecule has 0 bridgehead atoms. The second-order valence-corrected chi connectivity index (χ2v) is 6.16. The van der Waals surface area contributed by atoms with E-state index in [9.17, 15) is 9.59 Å². The number of hydrogen-bond acceptors (Lipinski definition) is 4. The van der Waals surface area contributed by atoms with Gasteiger partial charge in [0, 0.05) is 5.69 Å². The molecule has 28 heavy (non-hydrogen) atoms. The van der Waals surface area contributed by atoms with Gasteiger partial charge in [-0.05, 0) is 48.5 Å². The summed E-state index contributed by atoms with van der Waals surface area (Å²) in [6.45, 7) is -0.262. The van der Waals surface area contributed by atoms with Crippen molar-refractivity contribution in [3.63, 3.8) is 0 Å². The molecule has 2 amide bonds. The number of benzene rings is 3. The van der Waals surface area contributed by atoms with Crippen LogP contribution in [-0.2, 0) is 4.79 Å². The van der Waals surface area contributed by atoms with Gasteiger partial charge < -0.3 is 20.5 Å². The number of para-hydroxylation sites is 2.